The van der Waals surface area contributed by atoms with Gasteiger partial charge in [0, 0.05) is 21.8 Å². The quantitative estimate of drug-likeness (QED) is 0.833. The van der Waals surface area contributed by atoms with Gasteiger partial charge in [-0.25, -0.2) is 0 Å². The van der Waals surface area contributed by atoms with Crippen molar-refractivity contribution >= 4 is 38.8 Å². The Kier molecular flexibility index (Phi) is 4.40. The van der Waals surface area contributed by atoms with E-state index in [0.29, 0.717) is 11.0 Å². The number of hydrogen-bond donors (Lipinski definition) is 2. The van der Waals surface area contributed by atoms with E-state index in [1.165, 1.54) is 32.1 Å². The number of thiocarbonyl (C=S) groups is 1. The molecule has 92 valence electrons. The largest absolute Gasteiger partial charge is 0.389 e. The van der Waals surface area contributed by atoms with Crippen molar-refractivity contribution < 1.29 is 0 Å². The second-order valence-corrected chi connectivity index (χ2v) is 5.80. The molecule has 1 aromatic carbocycles. The van der Waals surface area contributed by atoms with E-state index in [1.807, 2.05) is 18.2 Å². The Bertz CT molecular complexity index is 414. The van der Waals surface area contributed by atoms with Crippen LogP contribution >= 0.6 is 28.1 Å². The zero-order valence-electron chi connectivity index (χ0n) is 9.71. The maximum absolute atomic E-state index is 5.78. The summed E-state index contributed by atoms with van der Waals surface area (Å²) < 4.78 is 0.964. The second-order valence-electron chi connectivity index (χ2n) is 4.51. The highest BCUT2D eigenvalue weighted by atomic mass is 79.9. The molecule has 2 nitrogen and oxygen atoms in total. The molecule has 1 fully saturated rings. The fourth-order valence-corrected chi connectivity index (χ4v) is 3.29. The van der Waals surface area contributed by atoms with Gasteiger partial charge in [-0.2, -0.15) is 0 Å². The molecule has 0 aliphatic heterocycles. The first-order valence-electron chi connectivity index (χ1n) is 6.03. The predicted molar refractivity (Wildman–Crippen MR) is 80.5 cm³/mol. The van der Waals surface area contributed by atoms with E-state index in [-0.39, 0.29) is 0 Å². The van der Waals surface area contributed by atoms with E-state index in [2.05, 4.69) is 21.2 Å². The number of nitrogens with one attached hydrogen (secondary N) is 1. The lowest BCUT2D eigenvalue weighted by molar-refractivity contribution is 0.462. The monoisotopic (exact) mass is 312 g/mol. The zero-order valence-corrected chi connectivity index (χ0v) is 12.1. The number of benzene rings is 1. The summed E-state index contributed by atoms with van der Waals surface area (Å²) in [5.74, 6) is 0. The van der Waals surface area contributed by atoms with Crippen LogP contribution in [0.25, 0.3) is 0 Å². The lowest BCUT2D eigenvalue weighted by Crippen LogP contribution is -2.24. The van der Waals surface area contributed by atoms with Crippen molar-refractivity contribution in [1.82, 2.24) is 0 Å². The highest BCUT2D eigenvalue weighted by molar-refractivity contribution is 9.10. The molecular formula is C13H17BrN2S. The first-order chi connectivity index (χ1) is 8.18. The first kappa shape index (κ1) is 12.8. The Hall–Kier alpha value is -0.610. The Balaban J connectivity index is 2.19. The topological polar surface area (TPSA) is 38.0 Å². The summed E-state index contributed by atoms with van der Waals surface area (Å²) in [4.78, 5) is 0.441. The molecule has 0 spiro atoms. The fraction of sp³-hybridized carbons (Fsp3) is 0.462. The standard InChI is InChI=1S/C13H17BrN2S/c14-10-7-4-8-11(12(10)13(15)17)16-9-5-2-1-3-6-9/h4,7-9,16H,1-3,5-6H2,(H2,15,17). The molecule has 0 atom stereocenters. The van der Waals surface area contributed by atoms with Crippen molar-refractivity contribution in [3.05, 3.63) is 28.2 Å². The second kappa shape index (κ2) is 5.83. The predicted octanol–water partition coefficient (Wildman–Crippen LogP) is 3.83. The summed E-state index contributed by atoms with van der Waals surface area (Å²) in [6, 6.07) is 6.59. The normalized spacial score (nSPS) is 16.8. The van der Waals surface area contributed by atoms with Crippen LogP contribution in [0, 0.1) is 0 Å². The van der Waals surface area contributed by atoms with Gasteiger partial charge in [-0.3, -0.25) is 0 Å². The molecule has 17 heavy (non-hydrogen) atoms. The Morgan fingerprint density at radius 1 is 1.29 bits per heavy atom. The molecule has 0 amide bonds. The molecule has 0 bridgehead atoms. The number of nitrogens with two attached hydrogens (primary N) is 1. The summed E-state index contributed by atoms with van der Waals surface area (Å²) in [6.45, 7) is 0. The highest BCUT2D eigenvalue weighted by Gasteiger charge is 2.16. The summed E-state index contributed by atoms with van der Waals surface area (Å²) in [5.41, 5.74) is 7.76. The van der Waals surface area contributed by atoms with Gasteiger partial charge < -0.3 is 11.1 Å². The van der Waals surface area contributed by atoms with Crippen molar-refractivity contribution in [2.24, 2.45) is 5.73 Å². The number of halogens is 1. The average Bonchev–Trinajstić information content (AvgIpc) is 2.30. The van der Waals surface area contributed by atoms with Gasteiger partial charge in [-0.15, -0.1) is 0 Å². The van der Waals surface area contributed by atoms with Gasteiger partial charge in [0.1, 0.15) is 4.99 Å². The molecule has 1 aromatic rings. The summed E-state index contributed by atoms with van der Waals surface area (Å²) in [6.07, 6.45) is 6.47. The van der Waals surface area contributed by atoms with E-state index in [4.69, 9.17) is 18.0 Å². The van der Waals surface area contributed by atoms with Gasteiger partial charge in [0.15, 0.2) is 0 Å². The molecule has 3 N–H and O–H groups in total. The van der Waals surface area contributed by atoms with Crippen LogP contribution in [0.1, 0.15) is 37.7 Å². The minimum atomic E-state index is 0.441. The van der Waals surface area contributed by atoms with Crippen LogP contribution in [-0.4, -0.2) is 11.0 Å². The SMILES string of the molecule is NC(=S)c1c(Br)cccc1NC1CCCCC1. The third kappa shape index (κ3) is 3.19. The van der Waals surface area contributed by atoms with Crippen LogP contribution in [0.3, 0.4) is 0 Å². The van der Waals surface area contributed by atoms with Crippen LogP contribution in [0.15, 0.2) is 22.7 Å². The van der Waals surface area contributed by atoms with Crippen LogP contribution in [0.2, 0.25) is 0 Å². The van der Waals surface area contributed by atoms with Crippen molar-refractivity contribution in [3.63, 3.8) is 0 Å². The van der Waals surface area contributed by atoms with E-state index < -0.39 is 0 Å². The van der Waals surface area contributed by atoms with Gasteiger partial charge >= 0.3 is 0 Å². The molecule has 0 saturated heterocycles. The lowest BCUT2D eigenvalue weighted by Gasteiger charge is -2.25. The third-order valence-corrected chi connectivity index (χ3v) is 4.09. The summed E-state index contributed by atoms with van der Waals surface area (Å²) >= 11 is 8.62. The molecule has 4 heteroatoms. The fourth-order valence-electron chi connectivity index (χ4n) is 2.36. The number of anilines is 1. The van der Waals surface area contributed by atoms with E-state index in [0.717, 1.165) is 15.7 Å². The van der Waals surface area contributed by atoms with Crippen LogP contribution < -0.4 is 11.1 Å². The van der Waals surface area contributed by atoms with Crippen LogP contribution in [0.5, 0.6) is 0 Å². The Morgan fingerprint density at radius 3 is 2.65 bits per heavy atom. The molecule has 1 saturated carbocycles. The highest BCUT2D eigenvalue weighted by Crippen LogP contribution is 2.28. The summed E-state index contributed by atoms with van der Waals surface area (Å²) in [7, 11) is 0. The van der Waals surface area contributed by atoms with Crippen LogP contribution in [-0.2, 0) is 0 Å². The van der Waals surface area contributed by atoms with E-state index in [1.54, 1.807) is 0 Å². The number of hydrogen-bond acceptors (Lipinski definition) is 2. The molecule has 0 heterocycles. The molecule has 2 rings (SSSR count). The molecule has 0 aromatic heterocycles. The van der Waals surface area contributed by atoms with Gasteiger partial charge in [0.2, 0.25) is 0 Å². The first-order valence-corrected chi connectivity index (χ1v) is 7.23. The maximum Gasteiger partial charge on any atom is 0.107 e. The van der Waals surface area contributed by atoms with Crippen molar-refractivity contribution in [2.45, 2.75) is 38.1 Å². The molecule has 0 radical (unpaired) electrons. The van der Waals surface area contributed by atoms with Crippen molar-refractivity contribution in [2.75, 3.05) is 5.32 Å². The van der Waals surface area contributed by atoms with Crippen molar-refractivity contribution in [1.29, 1.82) is 0 Å². The number of rotatable bonds is 3. The maximum atomic E-state index is 5.78. The van der Waals surface area contributed by atoms with Gasteiger partial charge in [-0.05, 0) is 40.9 Å². The Morgan fingerprint density at radius 2 is 2.00 bits per heavy atom. The van der Waals surface area contributed by atoms with Gasteiger partial charge in [-0.1, -0.05) is 37.5 Å². The smallest absolute Gasteiger partial charge is 0.107 e. The third-order valence-electron chi connectivity index (χ3n) is 3.22. The van der Waals surface area contributed by atoms with Gasteiger partial charge in [0.25, 0.3) is 0 Å². The zero-order chi connectivity index (χ0) is 12.3. The van der Waals surface area contributed by atoms with Crippen molar-refractivity contribution in [3.8, 4) is 0 Å². The van der Waals surface area contributed by atoms with E-state index in [9.17, 15) is 0 Å². The molecular weight excluding hydrogens is 296 g/mol. The molecule has 1 aliphatic carbocycles. The molecule has 1 aliphatic rings. The minimum Gasteiger partial charge on any atom is -0.389 e. The molecule has 0 unspecified atom stereocenters. The summed E-state index contributed by atoms with van der Waals surface area (Å²) in [5, 5.41) is 3.57. The van der Waals surface area contributed by atoms with E-state index >= 15 is 0 Å². The van der Waals surface area contributed by atoms with Crippen LogP contribution in [0.4, 0.5) is 5.69 Å². The van der Waals surface area contributed by atoms with Gasteiger partial charge in [0.05, 0.1) is 0 Å². The Labute approximate surface area is 116 Å². The average molecular weight is 313 g/mol. The lowest BCUT2D eigenvalue weighted by atomic mass is 9.95. The minimum absolute atomic E-state index is 0.441.